The molecule has 1 aliphatic rings. The Bertz CT molecular complexity index is 982. The first-order valence-electron chi connectivity index (χ1n) is 8.57. The maximum atomic E-state index is 12.3. The third-order valence-corrected chi connectivity index (χ3v) is 6.70. The summed E-state index contributed by atoms with van der Waals surface area (Å²) >= 11 is 19.3. The molecular weight excluding hydrogens is 443 g/mol. The molecule has 3 rings (SSSR count). The number of anilines is 1. The molecule has 28 heavy (non-hydrogen) atoms. The minimum Gasteiger partial charge on any atom is -0.452 e. The van der Waals surface area contributed by atoms with Gasteiger partial charge in [-0.2, -0.15) is 5.26 Å². The van der Waals surface area contributed by atoms with Crippen LogP contribution < -0.4 is 5.32 Å². The Morgan fingerprint density at radius 2 is 1.86 bits per heavy atom. The fourth-order valence-corrected chi connectivity index (χ4v) is 4.97. The van der Waals surface area contributed by atoms with Crippen LogP contribution in [0.2, 0.25) is 15.1 Å². The molecule has 0 saturated heterocycles. The summed E-state index contributed by atoms with van der Waals surface area (Å²) < 4.78 is 5.02. The number of rotatable bonds is 4. The molecule has 1 amide bonds. The molecule has 0 saturated carbocycles. The molecule has 0 radical (unpaired) electrons. The molecule has 1 aromatic carbocycles. The number of ether oxygens (including phenoxy) is 1. The molecule has 1 N–H and O–H groups in total. The van der Waals surface area contributed by atoms with E-state index in [9.17, 15) is 14.9 Å². The standard InChI is InChI=1S/C19H15Cl3N2O3S/c20-12-6-7-13(21)17(22)16(12)19(26)27-9-15(25)24-18-11(8-23)10-4-2-1-3-5-14(10)28-18/h6-7H,1-5,9H2,(H,24,25). The fraction of sp³-hybridized carbons (Fsp3) is 0.316. The number of thiophene rings is 1. The first-order valence-corrected chi connectivity index (χ1v) is 10.5. The number of hydrogen-bond donors (Lipinski definition) is 1. The largest absolute Gasteiger partial charge is 0.452 e. The third-order valence-electron chi connectivity index (χ3n) is 4.37. The number of benzene rings is 1. The summed E-state index contributed by atoms with van der Waals surface area (Å²) in [6.45, 7) is -0.536. The zero-order valence-corrected chi connectivity index (χ0v) is 17.7. The lowest BCUT2D eigenvalue weighted by Gasteiger charge is -2.09. The van der Waals surface area contributed by atoms with E-state index in [-0.39, 0.29) is 20.6 Å². The van der Waals surface area contributed by atoms with Gasteiger partial charge in [0.25, 0.3) is 5.91 Å². The van der Waals surface area contributed by atoms with Crippen LogP contribution in [0, 0.1) is 11.3 Å². The summed E-state index contributed by atoms with van der Waals surface area (Å²) in [5.74, 6) is -1.40. The van der Waals surface area contributed by atoms with E-state index in [0.29, 0.717) is 10.6 Å². The Balaban J connectivity index is 1.68. The van der Waals surface area contributed by atoms with Crippen LogP contribution in [0.25, 0.3) is 0 Å². The van der Waals surface area contributed by atoms with Crippen LogP contribution in [0.5, 0.6) is 0 Å². The van der Waals surface area contributed by atoms with E-state index in [2.05, 4.69) is 11.4 Å². The predicted molar refractivity (Wildman–Crippen MR) is 111 cm³/mol. The number of esters is 1. The van der Waals surface area contributed by atoms with Gasteiger partial charge in [-0.3, -0.25) is 4.79 Å². The molecule has 5 nitrogen and oxygen atoms in total. The second-order valence-corrected chi connectivity index (χ2v) is 8.52. The second-order valence-electron chi connectivity index (χ2n) is 6.22. The van der Waals surface area contributed by atoms with Crippen molar-refractivity contribution < 1.29 is 14.3 Å². The van der Waals surface area contributed by atoms with Crippen LogP contribution in [0.3, 0.4) is 0 Å². The van der Waals surface area contributed by atoms with Crippen molar-refractivity contribution in [2.45, 2.75) is 32.1 Å². The number of carbonyl (C=O) groups excluding carboxylic acids is 2. The molecule has 0 unspecified atom stereocenters. The maximum Gasteiger partial charge on any atom is 0.341 e. The van der Waals surface area contributed by atoms with E-state index >= 15 is 0 Å². The number of hydrogen-bond acceptors (Lipinski definition) is 5. The maximum absolute atomic E-state index is 12.3. The van der Waals surface area contributed by atoms with E-state index in [1.165, 1.54) is 23.5 Å². The van der Waals surface area contributed by atoms with Crippen molar-refractivity contribution in [2.24, 2.45) is 0 Å². The van der Waals surface area contributed by atoms with Gasteiger partial charge in [0.2, 0.25) is 0 Å². The SMILES string of the molecule is N#Cc1c(NC(=O)COC(=O)c2c(Cl)ccc(Cl)c2Cl)sc2c1CCCCC2. The lowest BCUT2D eigenvalue weighted by Crippen LogP contribution is -2.21. The number of amides is 1. The van der Waals surface area contributed by atoms with E-state index in [4.69, 9.17) is 39.5 Å². The number of carbonyl (C=O) groups is 2. The van der Waals surface area contributed by atoms with Gasteiger partial charge in [-0.05, 0) is 43.4 Å². The van der Waals surface area contributed by atoms with Gasteiger partial charge in [0, 0.05) is 4.88 Å². The van der Waals surface area contributed by atoms with Gasteiger partial charge in [0.1, 0.15) is 11.1 Å². The quantitative estimate of drug-likeness (QED) is 0.366. The Hall–Kier alpha value is -1.78. The molecule has 1 aromatic heterocycles. The highest BCUT2D eigenvalue weighted by atomic mass is 35.5. The summed E-state index contributed by atoms with van der Waals surface area (Å²) in [6, 6.07) is 5.07. The van der Waals surface area contributed by atoms with Gasteiger partial charge in [0.15, 0.2) is 6.61 Å². The normalized spacial score (nSPS) is 13.2. The highest BCUT2D eigenvalue weighted by Gasteiger charge is 2.23. The number of halogens is 3. The minimum absolute atomic E-state index is 0.0339. The van der Waals surface area contributed by atoms with Gasteiger partial charge >= 0.3 is 5.97 Å². The topological polar surface area (TPSA) is 79.2 Å². The molecule has 2 aromatic rings. The molecule has 1 aliphatic carbocycles. The van der Waals surface area contributed by atoms with Crippen LogP contribution in [0.1, 0.15) is 45.6 Å². The molecule has 146 valence electrons. The predicted octanol–water partition coefficient (Wildman–Crippen LogP) is 5.64. The molecule has 1 heterocycles. The minimum atomic E-state index is -0.852. The van der Waals surface area contributed by atoms with E-state index in [0.717, 1.165) is 42.5 Å². The highest BCUT2D eigenvalue weighted by Crippen LogP contribution is 2.37. The van der Waals surface area contributed by atoms with Crippen LogP contribution in [-0.4, -0.2) is 18.5 Å². The second kappa shape index (κ2) is 9.15. The van der Waals surface area contributed by atoms with Gasteiger partial charge in [-0.1, -0.05) is 41.2 Å². The zero-order valence-electron chi connectivity index (χ0n) is 14.6. The first-order chi connectivity index (χ1) is 13.4. The summed E-state index contributed by atoms with van der Waals surface area (Å²) in [7, 11) is 0. The molecule has 9 heteroatoms. The lowest BCUT2D eigenvalue weighted by molar-refractivity contribution is -0.119. The summed E-state index contributed by atoms with van der Waals surface area (Å²) in [5, 5.41) is 12.9. The highest BCUT2D eigenvalue weighted by molar-refractivity contribution is 7.16. The molecular formula is C19H15Cl3N2O3S. The number of nitrogens with one attached hydrogen (secondary N) is 1. The van der Waals surface area contributed by atoms with Gasteiger partial charge < -0.3 is 10.1 Å². The Morgan fingerprint density at radius 3 is 2.61 bits per heavy atom. The average Bonchev–Trinajstić information content (AvgIpc) is 2.82. The van der Waals surface area contributed by atoms with Crippen molar-refractivity contribution in [2.75, 3.05) is 11.9 Å². The van der Waals surface area contributed by atoms with Gasteiger partial charge in [0.05, 0.1) is 26.2 Å². The van der Waals surface area contributed by atoms with E-state index in [1.54, 1.807) is 0 Å². The Kier molecular flexibility index (Phi) is 6.84. The summed E-state index contributed by atoms with van der Waals surface area (Å²) in [4.78, 5) is 25.6. The van der Waals surface area contributed by atoms with Crippen LogP contribution in [-0.2, 0) is 22.4 Å². The van der Waals surface area contributed by atoms with Gasteiger partial charge in [-0.15, -0.1) is 11.3 Å². The van der Waals surface area contributed by atoms with E-state index in [1.807, 2.05) is 0 Å². The van der Waals surface area contributed by atoms with Crippen LogP contribution >= 0.6 is 46.1 Å². The van der Waals surface area contributed by atoms with Crippen molar-refractivity contribution >= 4 is 63.0 Å². The van der Waals surface area contributed by atoms with Crippen molar-refractivity contribution in [3.63, 3.8) is 0 Å². The monoisotopic (exact) mass is 456 g/mol. The molecule has 0 aliphatic heterocycles. The van der Waals surface area contributed by atoms with Crippen LogP contribution in [0.15, 0.2) is 12.1 Å². The Morgan fingerprint density at radius 1 is 1.14 bits per heavy atom. The number of nitrogens with zero attached hydrogens (tertiary/aromatic N) is 1. The van der Waals surface area contributed by atoms with Crippen molar-refractivity contribution in [3.8, 4) is 6.07 Å². The molecule has 0 atom stereocenters. The number of fused-ring (bicyclic) bond motifs is 1. The fourth-order valence-electron chi connectivity index (χ4n) is 3.03. The Labute approximate surface area is 181 Å². The summed E-state index contributed by atoms with van der Waals surface area (Å²) in [5.41, 5.74) is 1.43. The average molecular weight is 458 g/mol. The number of nitriles is 1. The lowest BCUT2D eigenvalue weighted by atomic mass is 10.1. The number of aryl methyl sites for hydroxylation is 1. The molecule has 0 fully saturated rings. The first kappa shape index (κ1) is 20.9. The van der Waals surface area contributed by atoms with Gasteiger partial charge in [-0.25, -0.2) is 4.79 Å². The summed E-state index contributed by atoms with van der Waals surface area (Å²) in [6.07, 6.45) is 4.99. The van der Waals surface area contributed by atoms with Crippen LogP contribution in [0.4, 0.5) is 5.00 Å². The smallest absolute Gasteiger partial charge is 0.341 e. The van der Waals surface area contributed by atoms with Crippen molar-refractivity contribution in [3.05, 3.63) is 48.8 Å². The van der Waals surface area contributed by atoms with E-state index < -0.39 is 18.5 Å². The van der Waals surface area contributed by atoms with Crippen molar-refractivity contribution in [1.82, 2.24) is 0 Å². The zero-order chi connectivity index (χ0) is 20.3. The van der Waals surface area contributed by atoms with Crippen molar-refractivity contribution in [1.29, 1.82) is 5.26 Å². The molecule has 0 bridgehead atoms. The third kappa shape index (κ3) is 4.44. The molecule has 0 spiro atoms.